The maximum atomic E-state index is 13.8. The van der Waals surface area contributed by atoms with Gasteiger partial charge in [0.05, 0.1) is 5.02 Å². The summed E-state index contributed by atoms with van der Waals surface area (Å²) in [5, 5.41) is 0.821. The number of aryl methyl sites for hydroxylation is 1. The van der Waals surface area contributed by atoms with Gasteiger partial charge in [0.1, 0.15) is 5.82 Å². The molecular formula is C15H14Cl2FN. The van der Waals surface area contributed by atoms with Crippen molar-refractivity contribution in [1.29, 1.82) is 0 Å². The summed E-state index contributed by atoms with van der Waals surface area (Å²) >= 11 is 11.7. The molecule has 0 fully saturated rings. The van der Waals surface area contributed by atoms with Crippen LogP contribution in [0.3, 0.4) is 0 Å². The minimum absolute atomic E-state index is 0.122. The van der Waals surface area contributed by atoms with E-state index < -0.39 is 5.82 Å². The predicted octanol–water partition coefficient (Wildman–Crippen LogP) is 4.68. The molecule has 0 aliphatic heterocycles. The van der Waals surface area contributed by atoms with Crippen LogP contribution in [-0.2, 0) is 6.42 Å². The van der Waals surface area contributed by atoms with Crippen LogP contribution in [0.4, 0.5) is 4.39 Å². The van der Waals surface area contributed by atoms with Crippen molar-refractivity contribution in [3.63, 3.8) is 0 Å². The second kappa shape index (κ2) is 5.91. The smallest absolute Gasteiger partial charge is 0.145 e. The number of hydrogen-bond acceptors (Lipinski definition) is 1. The van der Waals surface area contributed by atoms with Crippen LogP contribution in [0.25, 0.3) is 0 Å². The summed E-state index contributed by atoms with van der Waals surface area (Å²) in [4.78, 5) is 0. The first kappa shape index (κ1) is 14.3. The minimum Gasteiger partial charge on any atom is -0.324 e. The van der Waals surface area contributed by atoms with Gasteiger partial charge in [-0.15, -0.1) is 0 Å². The third kappa shape index (κ3) is 3.27. The van der Waals surface area contributed by atoms with Crippen LogP contribution < -0.4 is 5.73 Å². The largest absolute Gasteiger partial charge is 0.324 e. The molecule has 0 radical (unpaired) electrons. The summed E-state index contributed by atoms with van der Waals surface area (Å²) < 4.78 is 13.8. The van der Waals surface area contributed by atoms with Gasteiger partial charge in [0.25, 0.3) is 0 Å². The zero-order valence-corrected chi connectivity index (χ0v) is 12.0. The maximum absolute atomic E-state index is 13.8. The quantitative estimate of drug-likeness (QED) is 0.874. The molecule has 4 heteroatoms. The van der Waals surface area contributed by atoms with Crippen LogP contribution in [0.15, 0.2) is 36.4 Å². The Labute approximate surface area is 122 Å². The Kier molecular flexibility index (Phi) is 4.46. The number of rotatable bonds is 3. The van der Waals surface area contributed by atoms with Crippen LogP contribution in [0.2, 0.25) is 10.0 Å². The molecule has 0 amide bonds. The predicted molar refractivity (Wildman–Crippen MR) is 78.2 cm³/mol. The van der Waals surface area contributed by atoms with E-state index in [1.54, 1.807) is 18.2 Å². The topological polar surface area (TPSA) is 26.0 Å². The van der Waals surface area contributed by atoms with Gasteiger partial charge in [0.2, 0.25) is 0 Å². The third-order valence-electron chi connectivity index (χ3n) is 3.08. The standard InChI is InChI=1S/C15H14Cl2FN/c1-9-7-10(5-6-12(9)16)14(19)8-11-3-2-4-13(17)15(11)18/h2-7,14H,8,19H2,1H3. The maximum Gasteiger partial charge on any atom is 0.145 e. The van der Waals surface area contributed by atoms with Crippen molar-refractivity contribution >= 4 is 23.2 Å². The molecule has 2 rings (SSSR count). The number of nitrogens with two attached hydrogens (primary N) is 1. The molecule has 0 heterocycles. The van der Waals surface area contributed by atoms with E-state index in [-0.39, 0.29) is 11.1 Å². The van der Waals surface area contributed by atoms with E-state index in [0.717, 1.165) is 11.1 Å². The molecular weight excluding hydrogens is 284 g/mol. The van der Waals surface area contributed by atoms with Gasteiger partial charge >= 0.3 is 0 Å². The van der Waals surface area contributed by atoms with Crippen molar-refractivity contribution in [3.8, 4) is 0 Å². The summed E-state index contributed by atoms with van der Waals surface area (Å²) in [7, 11) is 0. The average Bonchev–Trinajstić information content (AvgIpc) is 2.38. The van der Waals surface area contributed by atoms with Gasteiger partial charge in [0, 0.05) is 11.1 Å². The molecule has 100 valence electrons. The Bertz CT molecular complexity index is 599. The van der Waals surface area contributed by atoms with Gasteiger partial charge < -0.3 is 5.73 Å². The molecule has 2 N–H and O–H groups in total. The SMILES string of the molecule is Cc1cc(C(N)Cc2cccc(Cl)c2F)ccc1Cl. The van der Waals surface area contributed by atoms with Crippen molar-refractivity contribution in [2.75, 3.05) is 0 Å². The van der Waals surface area contributed by atoms with Gasteiger partial charge in [-0.25, -0.2) is 4.39 Å². The van der Waals surface area contributed by atoms with Gasteiger partial charge in [-0.05, 0) is 42.2 Å². The molecule has 0 bridgehead atoms. The molecule has 0 spiro atoms. The lowest BCUT2D eigenvalue weighted by atomic mass is 9.98. The first-order valence-electron chi connectivity index (χ1n) is 5.93. The van der Waals surface area contributed by atoms with E-state index in [1.165, 1.54) is 6.07 Å². The second-order valence-electron chi connectivity index (χ2n) is 4.53. The van der Waals surface area contributed by atoms with Crippen LogP contribution in [0.5, 0.6) is 0 Å². The van der Waals surface area contributed by atoms with Crippen LogP contribution >= 0.6 is 23.2 Å². The van der Waals surface area contributed by atoms with Crippen molar-refractivity contribution in [2.24, 2.45) is 5.73 Å². The highest BCUT2D eigenvalue weighted by Crippen LogP contribution is 2.25. The number of halogens is 3. The van der Waals surface area contributed by atoms with Crippen LogP contribution in [0.1, 0.15) is 22.7 Å². The van der Waals surface area contributed by atoms with E-state index in [9.17, 15) is 4.39 Å². The fourth-order valence-corrected chi connectivity index (χ4v) is 2.27. The molecule has 0 aliphatic carbocycles. The fourth-order valence-electron chi connectivity index (χ4n) is 1.96. The zero-order chi connectivity index (χ0) is 14.0. The van der Waals surface area contributed by atoms with E-state index >= 15 is 0 Å². The first-order valence-corrected chi connectivity index (χ1v) is 6.69. The number of hydrogen-bond donors (Lipinski definition) is 1. The molecule has 0 saturated heterocycles. The molecule has 19 heavy (non-hydrogen) atoms. The molecule has 2 aromatic carbocycles. The van der Waals surface area contributed by atoms with Crippen molar-refractivity contribution < 1.29 is 4.39 Å². The average molecular weight is 298 g/mol. The summed E-state index contributed by atoms with van der Waals surface area (Å²) in [5.41, 5.74) is 8.52. The Morgan fingerprint density at radius 3 is 2.58 bits per heavy atom. The van der Waals surface area contributed by atoms with Gasteiger partial charge in [0.15, 0.2) is 0 Å². The summed E-state index contributed by atoms with van der Waals surface area (Å²) in [5.74, 6) is -0.398. The lowest BCUT2D eigenvalue weighted by Crippen LogP contribution is -2.14. The van der Waals surface area contributed by atoms with E-state index in [4.69, 9.17) is 28.9 Å². The Morgan fingerprint density at radius 1 is 1.16 bits per heavy atom. The molecule has 2 aromatic rings. The van der Waals surface area contributed by atoms with E-state index in [1.807, 2.05) is 19.1 Å². The molecule has 0 saturated carbocycles. The van der Waals surface area contributed by atoms with E-state index in [2.05, 4.69) is 0 Å². The number of benzene rings is 2. The first-order chi connectivity index (χ1) is 8.99. The second-order valence-corrected chi connectivity index (χ2v) is 5.35. The zero-order valence-electron chi connectivity index (χ0n) is 10.5. The molecule has 0 aromatic heterocycles. The van der Waals surface area contributed by atoms with Crippen LogP contribution in [0, 0.1) is 12.7 Å². The lowest BCUT2D eigenvalue weighted by molar-refractivity contribution is 0.593. The Hall–Kier alpha value is -1.09. The Morgan fingerprint density at radius 2 is 1.89 bits per heavy atom. The highest BCUT2D eigenvalue weighted by Gasteiger charge is 2.13. The van der Waals surface area contributed by atoms with Crippen molar-refractivity contribution in [3.05, 3.63) is 69.0 Å². The van der Waals surface area contributed by atoms with Crippen molar-refractivity contribution in [2.45, 2.75) is 19.4 Å². The molecule has 1 atom stereocenters. The summed E-state index contributed by atoms with van der Waals surface area (Å²) in [6, 6.07) is 10.3. The van der Waals surface area contributed by atoms with Crippen LogP contribution in [-0.4, -0.2) is 0 Å². The summed E-state index contributed by atoms with van der Waals surface area (Å²) in [6.07, 6.45) is 0.396. The normalized spacial score (nSPS) is 12.5. The van der Waals surface area contributed by atoms with Gasteiger partial charge in [-0.3, -0.25) is 0 Å². The Balaban J connectivity index is 2.23. The van der Waals surface area contributed by atoms with Crippen molar-refractivity contribution in [1.82, 2.24) is 0 Å². The highest BCUT2D eigenvalue weighted by molar-refractivity contribution is 6.31. The lowest BCUT2D eigenvalue weighted by Gasteiger charge is -2.14. The highest BCUT2D eigenvalue weighted by atomic mass is 35.5. The monoisotopic (exact) mass is 297 g/mol. The molecule has 1 unspecified atom stereocenters. The van der Waals surface area contributed by atoms with Gasteiger partial charge in [-0.1, -0.05) is 47.5 Å². The van der Waals surface area contributed by atoms with Gasteiger partial charge in [-0.2, -0.15) is 0 Å². The minimum atomic E-state index is -0.398. The third-order valence-corrected chi connectivity index (χ3v) is 3.80. The fraction of sp³-hybridized carbons (Fsp3) is 0.200. The van der Waals surface area contributed by atoms with E-state index in [0.29, 0.717) is 17.0 Å². The molecule has 1 nitrogen and oxygen atoms in total. The summed E-state index contributed by atoms with van der Waals surface area (Å²) in [6.45, 7) is 1.92. The molecule has 0 aliphatic rings.